The minimum absolute atomic E-state index is 0.0752. The second-order valence-electron chi connectivity index (χ2n) is 5.29. The third kappa shape index (κ3) is 4.73. The second-order valence-corrected chi connectivity index (χ2v) is 6.20. The van der Waals surface area contributed by atoms with Gasteiger partial charge in [0.15, 0.2) is 5.76 Å². The highest BCUT2D eigenvalue weighted by atomic mass is 79.9. The minimum Gasteiger partial charge on any atom is -0.486 e. The Morgan fingerprint density at radius 1 is 0.923 bits per heavy atom. The molecule has 0 unspecified atom stereocenters. The lowest BCUT2D eigenvalue weighted by Gasteiger charge is -2.06. The van der Waals surface area contributed by atoms with Crippen LogP contribution >= 0.6 is 15.9 Å². The van der Waals surface area contributed by atoms with E-state index < -0.39 is 11.8 Å². The Hall–Kier alpha value is -3.06. The number of ether oxygens (including phenoxy) is 1. The lowest BCUT2D eigenvalue weighted by molar-refractivity contribution is 0.0828. The van der Waals surface area contributed by atoms with Crippen molar-refractivity contribution in [2.75, 3.05) is 0 Å². The molecule has 0 aliphatic rings. The van der Waals surface area contributed by atoms with Gasteiger partial charge in [0.05, 0.1) is 0 Å². The van der Waals surface area contributed by atoms with Crippen molar-refractivity contribution in [2.45, 2.75) is 6.61 Å². The Labute approximate surface area is 158 Å². The zero-order chi connectivity index (χ0) is 18.4. The normalized spacial score (nSPS) is 10.2. The van der Waals surface area contributed by atoms with E-state index in [1.807, 2.05) is 30.3 Å². The van der Waals surface area contributed by atoms with Crippen LogP contribution in [0.25, 0.3) is 0 Å². The average molecular weight is 415 g/mol. The number of hydrogen-bond acceptors (Lipinski definition) is 4. The van der Waals surface area contributed by atoms with E-state index in [4.69, 9.17) is 9.15 Å². The fourth-order valence-corrected chi connectivity index (χ4v) is 2.52. The molecule has 0 saturated heterocycles. The molecule has 1 heterocycles. The van der Waals surface area contributed by atoms with Gasteiger partial charge in [-0.1, -0.05) is 40.2 Å². The molecule has 0 spiro atoms. The number of furan rings is 1. The molecule has 0 aliphatic carbocycles. The van der Waals surface area contributed by atoms with Gasteiger partial charge in [0.2, 0.25) is 0 Å². The topological polar surface area (TPSA) is 80.6 Å². The molecule has 0 atom stereocenters. The van der Waals surface area contributed by atoms with Gasteiger partial charge in [-0.3, -0.25) is 20.4 Å². The maximum atomic E-state index is 12.1. The summed E-state index contributed by atoms with van der Waals surface area (Å²) < 4.78 is 11.8. The van der Waals surface area contributed by atoms with Crippen LogP contribution in [0.2, 0.25) is 0 Å². The SMILES string of the molecule is O=C(NNC(=O)c1ccc(COc2ccccc2)o1)c1cccc(Br)c1. The van der Waals surface area contributed by atoms with E-state index in [2.05, 4.69) is 26.8 Å². The smallest absolute Gasteiger partial charge is 0.305 e. The molecule has 2 amide bonds. The number of rotatable bonds is 5. The molecule has 132 valence electrons. The summed E-state index contributed by atoms with van der Waals surface area (Å²) in [5.74, 6) is 0.290. The van der Waals surface area contributed by atoms with E-state index >= 15 is 0 Å². The number of carbonyl (C=O) groups is 2. The maximum absolute atomic E-state index is 12.1. The van der Waals surface area contributed by atoms with Gasteiger partial charge in [0, 0.05) is 10.0 Å². The highest BCUT2D eigenvalue weighted by Crippen LogP contribution is 2.14. The van der Waals surface area contributed by atoms with Crippen LogP contribution in [0.4, 0.5) is 0 Å². The van der Waals surface area contributed by atoms with Crippen molar-refractivity contribution in [1.82, 2.24) is 10.9 Å². The van der Waals surface area contributed by atoms with Gasteiger partial charge in [-0.15, -0.1) is 0 Å². The molecule has 0 saturated carbocycles. The zero-order valence-corrected chi connectivity index (χ0v) is 15.2. The minimum atomic E-state index is -0.556. The van der Waals surface area contributed by atoms with Crippen LogP contribution in [0, 0.1) is 0 Å². The molecule has 0 aliphatic heterocycles. The number of benzene rings is 2. The lowest BCUT2D eigenvalue weighted by atomic mass is 10.2. The summed E-state index contributed by atoms with van der Waals surface area (Å²) in [5.41, 5.74) is 5.07. The van der Waals surface area contributed by atoms with Crippen LogP contribution < -0.4 is 15.6 Å². The molecule has 0 radical (unpaired) electrons. The largest absolute Gasteiger partial charge is 0.486 e. The van der Waals surface area contributed by atoms with Crippen molar-refractivity contribution >= 4 is 27.7 Å². The van der Waals surface area contributed by atoms with Crippen LogP contribution in [0.1, 0.15) is 26.7 Å². The predicted octanol–water partition coefficient (Wildman–Crippen LogP) is 3.70. The van der Waals surface area contributed by atoms with Crippen molar-refractivity contribution in [3.8, 4) is 5.75 Å². The number of nitrogens with one attached hydrogen (secondary N) is 2. The van der Waals surface area contributed by atoms with Crippen LogP contribution in [-0.4, -0.2) is 11.8 Å². The molecule has 26 heavy (non-hydrogen) atoms. The quantitative estimate of drug-likeness (QED) is 0.623. The summed E-state index contributed by atoms with van der Waals surface area (Å²) in [4.78, 5) is 24.1. The highest BCUT2D eigenvalue weighted by molar-refractivity contribution is 9.10. The first-order valence-corrected chi connectivity index (χ1v) is 8.54. The zero-order valence-electron chi connectivity index (χ0n) is 13.6. The van der Waals surface area contributed by atoms with Crippen molar-refractivity contribution in [1.29, 1.82) is 0 Å². The summed E-state index contributed by atoms with van der Waals surface area (Å²) in [6, 6.07) is 19.3. The van der Waals surface area contributed by atoms with Gasteiger partial charge in [0.25, 0.3) is 5.91 Å². The molecule has 2 N–H and O–H groups in total. The van der Waals surface area contributed by atoms with Crippen LogP contribution in [0.5, 0.6) is 5.75 Å². The van der Waals surface area contributed by atoms with Gasteiger partial charge in [-0.2, -0.15) is 0 Å². The monoisotopic (exact) mass is 414 g/mol. The first-order chi connectivity index (χ1) is 12.6. The Morgan fingerprint density at radius 3 is 2.46 bits per heavy atom. The summed E-state index contributed by atoms with van der Waals surface area (Å²) in [6.45, 7) is 0.196. The van der Waals surface area contributed by atoms with Gasteiger partial charge in [0.1, 0.15) is 18.1 Å². The van der Waals surface area contributed by atoms with E-state index in [0.717, 1.165) is 4.47 Å². The first kappa shape index (κ1) is 17.8. The van der Waals surface area contributed by atoms with E-state index in [9.17, 15) is 9.59 Å². The summed E-state index contributed by atoms with van der Waals surface area (Å²) in [5, 5.41) is 0. The van der Waals surface area contributed by atoms with Crippen molar-refractivity contribution in [3.63, 3.8) is 0 Å². The van der Waals surface area contributed by atoms with Crippen molar-refractivity contribution < 1.29 is 18.7 Å². The van der Waals surface area contributed by atoms with E-state index in [0.29, 0.717) is 17.1 Å². The molecule has 6 nitrogen and oxygen atoms in total. The van der Waals surface area contributed by atoms with Crippen molar-refractivity contribution in [3.05, 3.63) is 88.3 Å². The summed E-state index contributed by atoms with van der Waals surface area (Å²) in [6.07, 6.45) is 0. The number of hydrazine groups is 1. The molecule has 0 bridgehead atoms. The molecular formula is C19H15BrN2O4. The standard InChI is InChI=1S/C19H15BrN2O4/c20-14-6-4-5-13(11-14)18(23)21-22-19(24)17-10-9-16(26-17)12-25-15-7-2-1-3-8-15/h1-11H,12H2,(H,21,23)(H,22,24). The number of halogens is 1. The first-order valence-electron chi connectivity index (χ1n) is 7.74. The predicted molar refractivity (Wildman–Crippen MR) is 98.6 cm³/mol. The maximum Gasteiger partial charge on any atom is 0.305 e. The second kappa shape index (κ2) is 8.35. The van der Waals surface area contributed by atoms with Gasteiger partial charge in [-0.25, -0.2) is 0 Å². The Balaban J connectivity index is 1.52. The number of carbonyl (C=O) groups excluding carboxylic acids is 2. The van der Waals surface area contributed by atoms with E-state index in [1.54, 1.807) is 30.3 Å². The third-order valence-electron chi connectivity index (χ3n) is 3.39. The van der Waals surface area contributed by atoms with Crippen molar-refractivity contribution in [2.24, 2.45) is 0 Å². The average Bonchev–Trinajstić information content (AvgIpc) is 3.14. The van der Waals surface area contributed by atoms with Gasteiger partial charge < -0.3 is 9.15 Å². The number of amides is 2. The fourth-order valence-electron chi connectivity index (χ4n) is 2.13. The Morgan fingerprint density at radius 2 is 1.69 bits per heavy atom. The molecule has 7 heteroatoms. The molecule has 3 rings (SSSR count). The third-order valence-corrected chi connectivity index (χ3v) is 3.88. The fraction of sp³-hybridized carbons (Fsp3) is 0.0526. The Bertz CT molecular complexity index is 909. The molecule has 1 aromatic heterocycles. The summed E-state index contributed by atoms with van der Waals surface area (Å²) >= 11 is 3.29. The van der Waals surface area contributed by atoms with Crippen LogP contribution in [0.3, 0.4) is 0 Å². The molecular weight excluding hydrogens is 400 g/mol. The highest BCUT2D eigenvalue weighted by Gasteiger charge is 2.13. The lowest BCUT2D eigenvalue weighted by Crippen LogP contribution is -2.41. The van der Waals surface area contributed by atoms with Gasteiger partial charge in [-0.05, 0) is 42.5 Å². The van der Waals surface area contributed by atoms with Crippen LogP contribution in [-0.2, 0) is 6.61 Å². The summed E-state index contributed by atoms with van der Waals surface area (Å²) in [7, 11) is 0. The number of hydrogen-bond donors (Lipinski definition) is 2. The van der Waals surface area contributed by atoms with Gasteiger partial charge >= 0.3 is 5.91 Å². The Kier molecular flexibility index (Phi) is 5.70. The number of para-hydroxylation sites is 1. The van der Waals surface area contributed by atoms with E-state index in [-0.39, 0.29) is 12.4 Å². The molecule has 0 fully saturated rings. The molecule has 2 aromatic carbocycles. The molecule has 3 aromatic rings. The van der Waals surface area contributed by atoms with E-state index in [1.165, 1.54) is 6.07 Å². The van der Waals surface area contributed by atoms with Crippen LogP contribution in [0.15, 0.2) is 75.6 Å².